The molecule has 0 saturated heterocycles. The maximum absolute atomic E-state index is 13.2. The molecule has 2 nitrogen and oxygen atoms in total. The van der Waals surface area contributed by atoms with E-state index in [2.05, 4.69) is 17.6 Å². The molecule has 2 atom stereocenters. The SMILES string of the molecule is NNC(Cc1cc(F)cc(F)c1)C1Cc2ccccc21. The van der Waals surface area contributed by atoms with Crippen LogP contribution in [-0.4, -0.2) is 6.04 Å². The molecule has 1 aliphatic carbocycles. The Morgan fingerprint density at radius 3 is 2.50 bits per heavy atom. The standard InChI is InChI=1S/C16H16F2N2/c17-12-5-10(6-13(18)9-12)7-16(20-19)15-8-11-3-1-2-4-14(11)15/h1-6,9,15-16,20H,7-8,19H2. The van der Waals surface area contributed by atoms with E-state index in [9.17, 15) is 8.78 Å². The molecule has 1 aliphatic rings. The fraction of sp³-hybridized carbons (Fsp3) is 0.250. The van der Waals surface area contributed by atoms with E-state index in [1.54, 1.807) is 0 Å². The average molecular weight is 274 g/mol. The number of nitrogens with one attached hydrogen (secondary N) is 1. The highest BCUT2D eigenvalue weighted by atomic mass is 19.1. The molecule has 0 bridgehead atoms. The first-order chi connectivity index (χ1) is 9.67. The van der Waals surface area contributed by atoms with Crippen LogP contribution in [0.4, 0.5) is 8.78 Å². The van der Waals surface area contributed by atoms with E-state index >= 15 is 0 Å². The van der Waals surface area contributed by atoms with Crippen molar-refractivity contribution in [3.05, 3.63) is 70.8 Å². The van der Waals surface area contributed by atoms with Crippen LogP contribution >= 0.6 is 0 Å². The zero-order chi connectivity index (χ0) is 14.1. The van der Waals surface area contributed by atoms with E-state index < -0.39 is 11.6 Å². The molecule has 3 rings (SSSR count). The molecule has 0 fully saturated rings. The van der Waals surface area contributed by atoms with Gasteiger partial charge in [0.25, 0.3) is 0 Å². The van der Waals surface area contributed by atoms with Crippen LogP contribution in [0.25, 0.3) is 0 Å². The number of hydrazine groups is 1. The Hall–Kier alpha value is -1.78. The zero-order valence-electron chi connectivity index (χ0n) is 10.9. The molecule has 0 spiro atoms. The van der Waals surface area contributed by atoms with E-state index in [0.29, 0.717) is 17.9 Å². The lowest BCUT2D eigenvalue weighted by Crippen LogP contribution is -2.45. The molecule has 0 saturated carbocycles. The van der Waals surface area contributed by atoms with Crippen molar-refractivity contribution in [2.24, 2.45) is 5.84 Å². The van der Waals surface area contributed by atoms with Crippen molar-refractivity contribution in [3.8, 4) is 0 Å². The third-order valence-corrected chi connectivity index (χ3v) is 3.97. The molecular weight excluding hydrogens is 258 g/mol. The summed E-state index contributed by atoms with van der Waals surface area (Å²) in [5.41, 5.74) is 6.00. The quantitative estimate of drug-likeness (QED) is 0.664. The summed E-state index contributed by atoms with van der Waals surface area (Å²) in [6.07, 6.45) is 1.45. The number of benzene rings is 2. The van der Waals surface area contributed by atoms with Crippen molar-refractivity contribution in [2.75, 3.05) is 0 Å². The monoisotopic (exact) mass is 274 g/mol. The van der Waals surface area contributed by atoms with Crippen LogP contribution in [0.3, 0.4) is 0 Å². The van der Waals surface area contributed by atoms with Gasteiger partial charge in [0.05, 0.1) is 0 Å². The minimum Gasteiger partial charge on any atom is -0.271 e. The maximum atomic E-state index is 13.2. The third kappa shape index (κ3) is 2.44. The Morgan fingerprint density at radius 2 is 1.85 bits per heavy atom. The Balaban J connectivity index is 1.79. The summed E-state index contributed by atoms with van der Waals surface area (Å²) >= 11 is 0. The highest BCUT2D eigenvalue weighted by Crippen LogP contribution is 2.38. The van der Waals surface area contributed by atoms with Gasteiger partial charge in [0.15, 0.2) is 0 Å². The molecular formula is C16H16F2N2. The molecule has 0 heterocycles. The Kier molecular flexibility index (Phi) is 3.51. The number of hydrogen-bond acceptors (Lipinski definition) is 2. The van der Waals surface area contributed by atoms with Gasteiger partial charge in [-0.05, 0) is 41.7 Å². The molecule has 2 unspecified atom stereocenters. The summed E-state index contributed by atoms with van der Waals surface area (Å²) in [5.74, 6) is 4.82. The van der Waals surface area contributed by atoms with Crippen molar-refractivity contribution in [3.63, 3.8) is 0 Å². The van der Waals surface area contributed by atoms with Gasteiger partial charge in [-0.3, -0.25) is 11.3 Å². The fourth-order valence-corrected chi connectivity index (χ4v) is 2.96. The molecule has 0 amide bonds. The first-order valence-electron chi connectivity index (χ1n) is 6.66. The molecule has 0 aliphatic heterocycles. The Bertz CT molecular complexity index is 607. The first kappa shape index (κ1) is 13.2. The number of nitrogens with two attached hydrogens (primary N) is 1. The van der Waals surface area contributed by atoms with Gasteiger partial charge in [-0.15, -0.1) is 0 Å². The highest BCUT2D eigenvalue weighted by molar-refractivity contribution is 5.41. The van der Waals surface area contributed by atoms with Gasteiger partial charge in [0, 0.05) is 18.0 Å². The van der Waals surface area contributed by atoms with Crippen molar-refractivity contribution >= 4 is 0 Å². The lowest BCUT2D eigenvalue weighted by atomic mass is 9.72. The summed E-state index contributed by atoms with van der Waals surface area (Å²) < 4.78 is 26.5. The zero-order valence-corrected chi connectivity index (χ0v) is 10.9. The predicted octanol–water partition coefficient (Wildman–Crippen LogP) is 2.68. The smallest absolute Gasteiger partial charge is 0.126 e. The van der Waals surface area contributed by atoms with Gasteiger partial charge < -0.3 is 0 Å². The van der Waals surface area contributed by atoms with Crippen molar-refractivity contribution in [1.29, 1.82) is 0 Å². The molecule has 0 radical (unpaired) electrons. The Morgan fingerprint density at radius 1 is 1.15 bits per heavy atom. The van der Waals surface area contributed by atoms with E-state index in [4.69, 9.17) is 5.84 Å². The van der Waals surface area contributed by atoms with Gasteiger partial charge in [0.2, 0.25) is 0 Å². The molecule has 2 aromatic carbocycles. The molecule has 2 aromatic rings. The molecule has 104 valence electrons. The van der Waals surface area contributed by atoms with Gasteiger partial charge in [-0.2, -0.15) is 0 Å². The van der Waals surface area contributed by atoms with Gasteiger partial charge in [-0.1, -0.05) is 24.3 Å². The largest absolute Gasteiger partial charge is 0.271 e. The van der Waals surface area contributed by atoms with Crippen molar-refractivity contribution in [1.82, 2.24) is 5.43 Å². The fourth-order valence-electron chi connectivity index (χ4n) is 2.96. The minimum atomic E-state index is -0.551. The number of fused-ring (bicyclic) bond motifs is 1. The number of halogens is 2. The van der Waals surface area contributed by atoms with Crippen LogP contribution < -0.4 is 11.3 Å². The summed E-state index contributed by atoms with van der Waals surface area (Å²) in [6, 6.07) is 11.8. The second kappa shape index (κ2) is 5.31. The van der Waals surface area contributed by atoms with Crippen LogP contribution in [0.5, 0.6) is 0 Å². The van der Waals surface area contributed by atoms with Crippen LogP contribution in [-0.2, 0) is 12.8 Å². The minimum absolute atomic E-state index is 0.0221. The Labute approximate surface area is 116 Å². The lowest BCUT2D eigenvalue weighted by Gasteiger charge is -2.36. The molecule has 4 heteroatoms. The topological polar surface area (TPSA) is 38.0 Å². The number of hydrogen-bond donors (Lipinski definition) is 2. The average Bonchev–Trinajstić information content (AvgIpc) is 2.38. The van der Waals surface area contributed by atoms with Crippen molar-refractivity contribution in [2.45, 2.75) is 24.8 Å². The third-order valence-electron chi connectivity index (χ3n) is 3.97. The molecule has 0 aromatic heterocycles. The summed E-state index contributed by atoms with van der Waals surface area (Å²) in [6.45, 7) is 0. The van der Waals surface area contributed by atoms with Gasteiger partial charge in [-0.25, -0.2) is 8.78 Å². The summed E-state index contributed by atoms with van der Waals surface area (Å²) in [7, 11) is 0. The van der Waals surface area contributed by atoms with E-state index in [1.165, 1.54) is 23.3 Å². The van der Waals surface area contributed by atoms with Crippen molar-refractivity contribution < 1.29 is 8.78 Å². The second-order valence-electron chi connectivity index (χ2n) is 5.26. The second-order valence-corrected chi connectivity index (χ2v) is 5.26. The van der Waals surface area contributed by atoms with Crippen LogP contribution in [0, 0.1) is 11.6 Å². The predicted molar refractivity (Wildman–Crippen MR) is 74.1 cm³/mol. The highest BCUT2D eigenvalue weighted by Gasteiger charge is 2.32. The summed E-state index contributed by atoms with van der Waals surface area (Å²) in [5, 5.41) is 0. The van der Waals surface area contributed by atoms with E-state index in [0.717, 1.165) is 12.5 Å². The lowest BCUT2D eigenvalue weighted by molar-refractivity contribution is 0.403. The summed E-state index contributed by atoms with van der Waals surface area (Å²) in [4.78, 5) is 0. The number of rotatable bonds is 4. The van der Waals surface area contributed by atoms with Gasteiger partial charge in [0.1, 0.15) is 11.6 Å². The van der Waals surface area contributed by atoms with Crippen LogP contribution in [0.15, 0.2) is 42.5 Å². The normalized spacial score (nSPS) is 18.2. The molecule has 3 N–H and O–H groups in total. The van der Waals surface area contributed by atoms with Crippen LogP contribution in [0.1, 0.15) is 22.6 Å². The maximum Gasteiger partial charge on any atom is 0.126 e. The van der Waals surface area contributed by atoms with Gasteiger partial charge >= 0.3 is 0 Å². The van der Waals surface area contributed by atoms with Crippen LogP contribution in [0.2, 0.25) is 0 Å². The first-order valence-corrected chi connectivity index (χ1v) is 6.66. The van der Waals surface area contributed by atoms with E-state index in [-0.39, 0.29) is 6.04 Å². The van der Waals surface area contributed by atoms with E-state index in [1.807, 2.05) is 12.1 Å². The molecule has 20 heavy (non-hydrogen) atoms.